The van der Waals surface area contributed by atoms with Crippen molar-refractivity contribution < 1.29 is 0 Å². The first-order valence-corrected chi connectivity index (χ1v) is 8.78. The lowest BCUT2D eigenvalue weighted by Gasteiger charge is -2.05. The van der Waals surface area contributed by atoms with Crippen LogP contribution in [0.5, 0.6) is 0 Å². The van der Waals surface area contributed by atoms with Gasteiger partial charge in [-0.15, -0.1) is 0 Å². The van der Waals surface area contributed by atoms with Crippen LogP contribution in [0, 0.1) is 0 Å². The van der Waals surface area contributed by atoms with E-state index in [1.165, 1.54) is 0 Å². The molecule has 0 aliphatic rings. The first-order chi connectivity index (χ1) is 12.2. The summed E-state index contributed by atoms with van der Waals surface area (Å²) < 4.78 is 2.04. The topological polar surface area (TPSA) is 30.9 Å². The van der Waals surface area contributed by atoms with Gasteiger partial charge in [0, 0.05) is 16.6 Å². The molecule has 1 heterocycles. The van der Waals surface area contributed by atoms with Gasteiger partial charge in [-0.1, -0.05) is 84.4 Å². The number of rotatable bonds is 6. The van der Waals surface area contributed by atoms with Gasteiger partial charge in [-0.25, -0.2) is 0 Å². The second-order valence-electron chi connectivity index (χ2n) is 4.61. The zero-order chi connectivity index (χ0) is 19.4. The summed E-state index contributed by atoms with van der Waals surface area (Å²) in [5.74, 6) is 0. The largest absolute Gasteiger partial charge is 0.327 e. The van der Waals surface area contributed by atoms with Crippen LogP contribution < -0.4 is 5.73 Å². The van der Waals surface area contributed by atoms with Crippen molar-refractivity contribution in [3.63, 3.8) is 0 Å². The van der Waals surface area contributed by atoms with E-state index in [1.54, 1.807) is 6.08 Å². The molecular formula is C23H32N2. The van der Waals surface area contributed by atoms with Gasteiger partial charge in [0.1, 0.15) is 0 Å². The normalized spacial score (nSPS) is 10.0. The molecule has 0 saturated heterocycles. The van der Waals surface area contributed by atoms with Gasteiger partial charge < -0.3 is 10.3 Å². The fourth-order valence-electron chi connectivity index (χ4n) is 2.62. The Morgan fingerprint density at radius 3 is 2.12 bits per heavy atom. The predicted molar refractivity (Wildman–Crippen MR) is 117 cm³/mol. The second kappa shape index (κ2) is 11.9. The highest BCUT2D eigenvalue weighted by Gasteiger charge is 2.13. The molecule has 1 aromatic heterocycles. The van der Waals surface area contributed by atoms with Gasteiger partial charge >= 0.3 is 0 Å². The second-order valence-corrected chi connectivity index (χ2v) is 4.61. The Bertz CT molecular complexity index is 758. The molecule has 0 fully saturated rings. The Morgan fingerprint density at radius 2 is 1.68 bits per heavy atom. The van der Waals surface area contributed by atoms with Gasteiger partial charge in [0.05, 0.1) is 12.2 Å². The SMILES string of the molecule is C=C/C=C(\C=C)c1ccc2c(c1)c(C=C)c(C=C)n2CN.CC.CC. The summed E-state index contributed by atoms with van der Waals surface area (Å²) in [4.78, 5) is 0. The molecule has 0 atom stereocenters. The first-order valence-electron chi connectivity index (χ1n) is 8.78. The third kappa shape index (κ3) is 4.71. The van der Waals surface area contributed by atoms with Crippen LogP contribution in [0.4, 0.5) is 0 Å². The zero-order valence-electron chi connectivity index (χ0n) is 16.2. The van der Waals surface area contributed by atoms with Crippen molar-refractivity contribution in [2.75, 3.05) is 0 Å². The summed E-state index contributed by atoms with van der Waals surface area (Å²) in [5, 5.41) is 1.11. The van der Waals surface area contributed by atoms with Crippen LogP contribution in [0.2, 0.25) is 0 Å². The van der Waals surface area contributed by atoms with Gasteiger partial charge in [-0.2, -0.15) is 0 Å². The summed E-state index contributed by atoms with van der Waals surface area (Å²) in [6, 6.07) is 6.26. The molecule has 25 heavy (non-hydrogen) atoms. The Hall–Kier alpha value is -2.58. The van der Waals surface area contributed by atoms with E-state index in [0.717, 1.165) is 33.3 Å². The minimum atomic E-state index is 0.405. The Labute approximate surface area is 153 Å². The molecule has 2 heteroatoms. The van der Waals surface area contributed by atoms with Crippen LogP contribution >= 0.6 is 0 Å². The maximum absolute atomic E-state index is 5.87. The maximum Gasteiger partial charge on any atom is 0.0707 e. The van der Waals surface area contributed by atoms with E-state index in [-0.39, 0.29) is 0 Å². The quantitative estimate of drug-likeness (QED) is 0.588. The molecule has 0 saturated carbocycles. The molecule has 0 spiro atoms. The Morgan fingerprint density at radius 1 is 1.04 bits per heavy atom. The van der Waals surface area contributed by atoms with E-state index in [4.69, 9.17) is 5.73 Å². The number of nitrogens with two attached hydrogens (primary N) is 1. The average Bonchev–Trinajstić information content (AvgIpc) is 3.00. The number of aromatic nitrogens is 1. The number of hydrogen-bond acceptors (Lipinski definition) is 1. The van der Waals surface area contributed by atoms with Crippen molar-refractivity contribution in [2.24, 2.45) is 5.73 Å². The molecular weight excluding hydrogens is 304 g/mol. The summed E-state index contributed by atoms with van der Waals surface area (Å²) in [6.45, 7) is 23.8. The van der Waals surface area contributed by atoms with Crippen LogP contribution in [0.1, 0.15) is 44.5 Å². The van der Waals surface area contributed by atoms with Gasteiger partial charge in [0.2, 0.25) is 0 Å². The lowest BCUT2D eigenvalue weighted by molar-refractivity contribution is 0.756. The third-order valence-corrected chi connectivity index (χ3v) is 3.57. The predicted octanol–water partition coefficient (Wildman–Crippen LogP) is 6.65. The van der Waals surface area contributed by atoms with Gasteiger partial charge in [-0.05, 0) is 29.3 Å². The van der Waals surface area contributed by atoms with Crippen molar-refractivity contribution in [3.05, 3.63) is 79.6 Å². The third-order valence-electron chi connectivity index (χ3n) is 3.57. The summed E-state index contributed by atoms with van der Waals surface area (Å²) in [7, 11) is 0. The molecule has 0 aliphatic carbocycles. The number of fused-ring (bicyclic) bond motifs is 1. The van der Waals surface area contributed by atoms with Crippen molar-refractivity contribution >= 4 is 28.6 Å². The summed E-state index contributed by atoms with van der Waals surface area (Å²) in [5.41, 5.74) is 11.1. The van der Waals surface area contributed by atoms with E-state index in [9.17, 15) is 0 Å². The highest BCUT2D eigenvalue weighted by Crippen LogP contribution is 2.30. The van der Waals surface area contributed by atoms with E-state index in [0.29, 0.717) is 6.67 Å². The highest BCUT2D eigenvalue weighted by molar-refractivity contribution is 5.96. The van der Waals surface area contributed by atoms with Crippen molar-refractivity contribution in [3.8, 4) is 0 Å². The number of allylic oxidation sites excluding steroid dienone is 4. The number of benzene rings is 1. The summed E-state index contributed by atoms with van der Waals surface area (Å²) >= 11 is 0. The lowest BCUT2D eigenvalue weighted by Crippen LogP contribution is -2.08. The molecule has 2 N–H and O–H groups in total. The Balaban J connectivity index is 0.00000134. The standard InChI is InChI=1S/C19H20N2.2C2H6/c1-5-9-14(6-2)15-10-11-19-17(12-15)16(7-3)18(8-4)21(19)13-20;2*1-2/h5-12H,1-4,13,20H2;2*1-2H3/b14-9+;;. The minimum absolute atomic E-state index is 0.405. The fourth-order valence-corrected chi connectivity index (χ4v) is 2.62. The molecule has 2 aromatic rings. The molecule has 0 amide bonds. The highest BCUT2D eigenvalue weighted by atomic mass is 15.1. The molecule has 0 bridgehead atoms. The van der Waals surface area contributed by atoms with Crippen molar-refractivity contribution in [2.45, 2.75) is 34.4 Å². The lowest BCUT2D eigenvalue weighted by atomic mass is 10.0. The van der Waals surface area contributed by atoms with Crippen LogP contribution in [-0.4, -0.2) is 4.57 Å². The van der Waals surface area contributed by atoms with Crippen molar-refractivity contribution in [1.82, 2.24) is 4.57 Å². The van der Waals surface area contributed by atoms with Gasteiger partial charge in [0.25, 0.3) is 0 Å². The van der Waals surface area contributed by atoms with Crippen molar-refractivity contribution in [1.29, 1.82) is 0 Å². The number of hydrogen-bond donors (Lipinski definition) is 1. The van der Waals surface area contributed by atoms with E-state index < -0.39 is 0 Å². The van der Waals surface area contributed by atoms with Gasteiger partial charge in [0.15, 0.2) is 0 Å². The van der Waals surface area contributed by atoms with Gasteiger partial charge in [-0.3, -0.25) is 0 Å². The first kappa shape index (κ1) is 22.4. The van der Waals surface area contributed by atoms with E-state index >= 15 is 0 Å². The van der Waals surface area contributed by atoms with Crippen LogP contribution in [0.15, 0.2) is 62.7 Å². The van der Waals surface area contributed by atoms with E-state index in [1.807, 2.05) is 56.6 Å². The zero-order valence-corrected chi connectivity index (χ0v) is 16.2. The van der Waals surface area contributed by atoms with Crippen LogP contribution in [-0.2, 0) is 6.67 Å². The molecule has 0 aliphatic heterocycles. The fraction of sp³-hybridized carbons (Fsp3) is 0.217. The van der Waals surface area contributed by atoms with Crippen LogP contribution in [0.25, 0.3) is 28.6 Å². The molecule has 0 radical (unpaired) electrons. The van der Waals surface area contributed by atoms with Crippen LogP contribution in [0.3, 0.4) is 0 Å². The smallest absolute Gasteiger partial charge is 0.0707 e. The molecule has 1 aromatic carbocycles. The Kier molecular flexibility index (Phi) is 10.7. The maximum atomic E-state index is 5.87. The monoisotopic (exact) mass is 336 g/mol. The molecule has 134 valence electrons. The minimum Gasteiger partial charge on any atom is -0.327 e. The average molecular weight is 337 g/mol. The molecule has 0 unspecified atom stereocenters. The summed E-state index contributed by atoms with van der Waals surface area (Å²) in [6.07, 6.45) is 9.19. The number of nitrogens with zero attached hydrogens (tertiary/aromatic N) is 1. The molecule has 2 rings (SSSR count). The molecule has 2 nitrogen and oxygen atoms in total. The van der Waals surface area contributed by atoms with E-state index in [2.05, 4.69) is 44.5 Å².